The van der Waals surface area contributed by atoms with Crippen molar-refractivity contribution >= 4 is 5.69 Å². The van der Waals surface area contributed by atoms with Gasteiger partial charge in [-0.25, -0.2) is 0 Å². The fraction of sp³-hybridized carbons (Fsp3) is 0.125. The van der Waals surface area contributed by atoms with Gasteiger partial charge in [-0.3, -0.25) is 0 Å². The van der Waals surface area contributed by atoms with Crippen LogP contribution in [-0.4, -0.2) is 0 Å². The molecule has 0 saturated heterocycles. The largest absolute Gasteiger partial charge is 0.398 e. The van der Waals surface area contributed by atoms with Crippen LogP contribution in [0, 0.1) is 5.92 Å². The molecule has 0 aliphatic heterocycles. The van der Waals surface area contributed by atoms with E-state index in [1.807, 2.05) is 24.3 Å². The number of hydrogen-bond donors (Lipinski definition) is 2. The quantitative estimate of drug-likeness (QED) is 0.343. The molecule has 2 heteroatoms. The van der Waals surface area contributed by atoms with Crippen LogP contribution in [0.3, 0.4) is 0 Å². The SMILES string of the molecule is Nc1ccccc1C(N)C1C=CC(C2(c3ccccc3)c3ccccc3-c3ccccc32)=CC1. The molecule has 4 aromatic carbocycles. The highest BCUT2D eigenvalue weighted by atomic mass is 14.7. The molecule has 4 N–H and O–H groups in total. The van der Waals surface area contributed by atoms with Crippen LogP contribution in [0.15, 0.2) is 127 Å². The Labute approximate surface area is 201 Å². The van der Waals surface area contributed by atoms with Crippen LogP contribution in [0.25, 0.3) is 11.1 Å². The molecule has 166 valence electrons. The van der Waals surface area contributed by atoms with E-state index in [-0.39, 0.29) is 17.4 Å². The van der Waals surface area contributed by atoms with Gasteiger partial charge in [0.15, 0.2) is 0 Å². The van der Waals surface area contributed by atoms with Gasteiger partial charge < -0.3 is 11.5 Å². The second kappa shape index (κ2) is 8.16. The summed E-state index contributed by atoms with van der Waals surface area (Å²) < 4.78 is 0. The highest BCUT2D eigenvalue weighted by Gasteiger charge is 2.46. The maximum Gasteiger partial charge on any atom is 0.0710 e. The van der Waals surface area contributed by atoms with Crippen molar-refractivity contribution in [1.29, 1.82) is 0 Å². The van der Waals surface area contributed by atoms with Crippen molar-refractivity contribution in [1.82, 2.24) is 0 Å². The summed E-state index contributed by atoms with van der Waals surface area (Å²) in [6, 6.07) is 36.4. The van der Waals surface area contributed by atoms with Gasteiger partial charge in [0, 0.05) is 11.7 Å². The summed E-state index contributed by atoms with van der Waals surface area (Å²) in [7, 11) is 0. The van der Waals surface area contributed by atoms with Gasteiger partial charge >= 0.3 is 0 Å². The van der Waals surface area contributed by atoms with Gasteiger partial charge in [-0.15, -0.1) is 0 Å². The zero-order valence-corrected chi connectivity index (χ0v) is 19.1. The Morgan fingerprint density at radius 2 is 1.29 bits per heavy atom. The Bertz CT molecular complexity index is 1370. The van der Waals surface area contributed by atoms with Gasteiger partial charge in [0.1, 0.15) is 0 Å². The lowest BCUT2D eigenvalue weighted by Gasteiger charge is -2.37. The standard InChI is InChI=1S/C32H28N2/c33-30-17-9-6-14-27(30)31(34)22-18-20-24(21-19-22)32(23-10-2-1-3-11-23)28-15-7-4-12-25(28)26-13-5-8-16-29(26)32/h1-18,20-22,31H,19,33-34H2. The molecular formula is C32H28N2. The Hall–Kier alpha value is -3.88. The number of nitrogen functional groups attached to an aromatic ring is 1. The van der Waals surface area contributed by atoms with E-state index in [0.717, 1.165) is 17.7 Å². The molecule has 0 spiro atoms. The van der Waals surface area contributed by atoms with E-state index in [4.69, 9.17) is 11.5 Å². The molecule has 2 nitrogen and oxygen atoms in total. The van der Waals surface area contributed by atoms with E-state index >= 15 is 0 Å². The van der Waals surface area contributed by atoms with Gasteiger partial charge in [0.05, 0.1) is 5.41 Å². The van der Waals surface area contributed by atoms with Crippen LogP contribution in [-0.2, 0) is 5.41 Å². The minimum absolute atomic E-state index is 0.133. The van der Waals surface area contributed by atoms with Gasteiger partial charge in [-0.05, 0) is 57.4 Å². The van der Waals surface area contributed by atoms with Crippen LogP contribution in [0.2, 0.25) is 0 Å². The summed E-state index contributed by atoms with van der Waals surface area (Å²) in [5.74, 6) is 0.202. The highest BCUT2D eigenvalue weighted by molar-refractivity contribution is 5.86. The van der Waals surface area contributed by atoms with Crippen LogP contribution in [0.4, 0.5) is 5.69 Å². The molecule has 4 aromatic rings. The number of fused-ring (bicyclic) bond motifs is 3. The zero-order valence-electron chi connectivity index (χ0n) is 19.1. The minimum Gasteiger partial charge on any atom is -0.398 e. The molecule has 2 atom stereocenters. The third-order valence-electron chi connectivity index (χ3n) is 7.54. The van der Waals surface area contributed by atoms with Crippen molar-refractivity contribution in [3.05, 3.63) is 149 Å². The molecule has 0 amide bonds. The molecular weight excluding hydrogens is 412 g/mol. The van der Waals surface area contributed by atoms with Gasteiger partial charge in [0.25, 0.3) is 0 Å². The number of anilines is 1. The minimum atomic E-state index is -0.341. The number of allylic oxidation sites excluding steroid dienone is 3. The fourth-order valence-corrected chi connectivity index (χ4v) is 5.94. The van der Waals surface area contributed by atoms with Crippen molar-refractivity contribution in [3.8, 4) is 11.1 Å². The highest BCUT2D eigenvalue weighted by Crippen LogP contribution is 2.57. The fourth-order valence-electron chi connectivity index (χ4n) is 5.94. The molecule has 0 fully saturated rings. The van der Waals surface area contributed by atoms with E-state index in [1.165, 1.54) is 33.4 Å². The average Bonchev–Trinajstić information content (AvgIpc) is 3.21. The summed E-state index contributed by atoms with van der Waals surface area (Å²) in [5, 5.41) is 0. The Morgan fingerprint density at radius 3 is 1.91 bits per heavy atom. The lowest BCUT2D eigenvalue weighted by atomic mass is 9.65. The second-order valence-electron chi connectivity index (χ2n) is 9.28. The van der Waals surface area contributed by atoms with E-state index in [1.54, 1.807) is 0 Å². The molecule has 0 radical (unpaired) electrons. The molecule has 34 heavy (non-hydrogen) atoms. The average molecular weight is 441 g/mol. The van der Waals surface area contributed by atoms with Crippen molar-refractivity contribution in [2.75, 3.05) is 5.73 Å². The van der Waals surface area contributed by atoms with Gasteiger partial charge in [-0.1, -0.05) is 115 Å². The van der Waals surface area contributed by atoms with Crippen molar-refractivity contribution in [2.24, 2.45) is 11.7 Å². The predicted molar refractivity (Wildman–Crippen MR) is 141 cm³/mol. The van der Waals surface area contributed by atoms with Crippen LogP contribution < -0.4 is 11.5 Å². The number of benzene rings is 4. The summed E-state index contributed by atoms with van der Waals surface area (Å²) in [6.45, 7) is 0. The van der Waals surface area contributed by atoms with Crippen LogP contribution in [0.5, 0.6) is 0 Å². The number of rotatable bonds is 4. The first-order valence-corrected chi connectivity index (χ1v) is 11.9. The lowest BCUT2D eigenvalue weighted by Crippen LogP contribution is -2.31. The van der Waals surface area contributed by atoms with Gasteiger partial charge in [0.2, 0.25) is 0 Å². The zero-order chi connectivity index (χ0) is 23.1. The van der Waals surface area contributed by atoms with Crippen molar-refractivity contribution < 1.29 is 0 Å². The first kappa shape index (κ1) is 20.7. The number of hydrogen-bond acceptors (Lipinski definition) is 2. The monoisotopic (exact) mass is 440 g/mol. The second-order valence-corrected chi connectivity index (χ2v) is 9.28. The van der Waals surface area contributed by atoms with Gasteiger partial charge in [-0.2, -0.15) is 0 Å². The van der Waals surface area contributed by atoms with Crippen LogP contribution >= 0.6 is 0 Å². The smallest absolute Gasteiger partial charge is 0.0710 e. The summed E-state index contributed by atoms with van der Waals surface area (Å²) in [6.07, 6.45) is 7.87. The van der Waals surface area contributed by atoms with Crippen molar-refractivity contribution in [2.45, 2.75) is 17.9 Å². The Balaban J connectivity index is 1.49. The molecule has 2 aliphatic rings. The van der Waals surface area contributed by atoms with E-state index in [0.29, 0.717) is 0 Å². The molecule has 0 bridgehead atoms. The molecule has 2 unspecified atom stereocenters. The maximum absolute atomic E-state index is 6.71. The maximum atomic E-state index is 6.71. The molecule has 2 aliphatic carbocycles. The van der Waals surface area contributed by atoms with E-state index in [2.05, 4.69) is 97.1 Å². The molecule has 6 rings (SSSR count). The lowest BCUT2D eigenvalue weighted by molar-refractivity contribution is 0.519. The third kappa shape index (κ3) is 2.99. The topological polar surface area (TPSA) is 52.0 Å². The summed E-state index contributed by atoms with van der Waals surface area (Å²) in [5.41, 5.74) is 22.3. The first-order valence-electron chi connectivity index (χ1n) is 11.9. The number of para-hydroxylation sites is 1. The summed E-state index contributed by atoms with van der Waals surface area (Å²) >= 11 is 0. The number of nitrogens with two attached hydrogens (primary N) is 2. The molecule has 0 heterocycles. The molecule has 0 saturated carbocycles. The Morgan fingerprint density at radius 1 is 0.706 bits per heavy atom. The summed E-state index contributed by atoms with van der Waals surface area (Å²) in [4.78, 5) is 0. The van der Waals surface area contributed by atoms with E-state index in [9.17, 15) is 0 Å². The molecule has 0 aromatic heterocycles. The van der Waals surface area contributed by atoms with Crippen molar-refractivity contribution in [3.63, 3.8) is 0 Å². The van der Waals surface area contributed by atoms with Crippen LogP contribution in [0.1, 0.15) is 34.7 Å². The predicted octanol–water partition coefficient (Wildman–Crippen LogP) is 6.79. The third-order valence-corrected chi connectivity index (χ3v) is 7.54. The Kier molecular flexibility index (Phi) is 4.97. The van der Waals surface area contributed by atoms with E-state index < -0.39 is 0 Å². The normalized spacial score (nSPS) is 18.6. The first-order chi connectivity index (χ1) is 16.7.